The summed E-state index contributed by atoms with van der Waals surface area (Å²) in [5.74, 6) is -0.253. The summed E-state index contributed by atoms with van der Waals surface area (Å²) in [6.45, 7) is 0.540. The van der Waals surface area contributed by atoms with E-state index >= 15 is 0 Å². The molecule has 14 heavy (non-hydrogen) atoms. The molecule has 2 heterocycles. The van der Waals surface area contributed by atoms with Gasteiger partial charge in [0.15, 0.2) is 0 Å². The lowest BCUT2D eigenvalue weighted by Gasteiger charge is -2.12. The molecule has 0 aromatic carbocycles. The molecule has 6 heteroatoms. The van der Waals surface area contributed by atoms with Crippen molar-refractivity contribution >= 4 is 11.9 Å². The SMILES string of the molecule is Cn1cncc1CN1CC(=O)NC1=O. The Morgan fingerprint density at radius 2 is 2.36 bits per heavy atom. The fourth-order valence-electron chi connectivity index (χ4n) is 1.34. The Labute approximate surface area is 80.5 Å². The average molecular weight is 194 g/mol. The molecule has 1 N–H and O–H groups in total. The first-order valence-electron chi connectivity index (χ1n) is 4.21. The second kappa shape index (κ2) is 3.13. The highest BCUT2D eigenvalue weighted by molar-refractivity contribution is 6.01. The first-order valence-corrected chi connectivity index (χ1v) is 4.21. The molecule has 0 aliphatic carbocycles. The van der Waals surface area contributed by atoms with E-state index in [1.807, 2.05) is 11.6 Å². The van der Waals surface area contributed by atoms with E-state index in [0.717, 1.165) is 5.69 Å². The van der Waals surface area contributed by atoms with E-state index in [1.165, 1.54) is 4.90 Å². The minimum absolute atomic E-state index is 0.129. The lowest BCUT2D eigenvalue weighted by molar-refractivity contribution is -0.118. The third kappa shape index (κ3) is 1.46. The summed E-state index contributed by atoms with van der Waals surface area (Å²) in [4.78, 5) is 27.4. The summed E-state index contributed by atoms with van der Waals surface area (Å²) in [6, 6.07) is -0.337. The van der Waals surface area contributed by atoms with Gasteiger partial charge in [0.05, 0.1) is 18.6 Å². The Kier molecular flexibility index (Phi) is 1.95. The number of imide groups is 1. The van der Waals surface area contributed by atoms with Crippen LogP contribution in [0, 0.1) is 0 Å². The monoisotopic (exact) mass is 194 g/mol. The summed E-state index contributed by atoms with van der Waals surface area (Å²) in [7, 11) is 1.85. The molecule has 2 rings (SSSR count). The topological polar surface area (TPSA) is 67.2 Å². The van der Waals surface area contributed by atoms with E-state index in [1.54, 1.807) is 12.5 Å². The number of amides is 3. The highest BCUT2D eigenvalue weighted by Crippen LogP contribution is 2.06. The number of aromatic nitrogens is 2. The Balaban J connectivity index is 2.09. The maximum absolute atomic E-state index is 11.2. The van der Waals surface area contributed by atoms with Crippen LogP contribution < -0.4 is 5.32 Å². The van der Waals surface area contributed by atoms with Crippen LogP contribution in [0.5, 0.6) is 0 Å². The smallest absolute Gasteiger partial charge is 0.324 e. The van der Waals surface area contributed by atoms with Crippen LogP contribution in [0.2, 0.25) is 0 Å². The van der Waals surface area contributed by atoms with E-state index in [-0.39, 0.29) is 18.5 Å². The van der Waals surface area contributed by atoms with Gasteiger partial charge in [-0.05, 0) is 0 Å². The largest absolute Gasteiger partial charge is 0.336 e. The van der Waals surface area contributed by atoms with Crippen LogP contribution in [0.1, 0.15) is 5.69 Å². The van der Waals surface area contributed by atoms with Crippen molar-refractivity contribution < 1.29 is 9.59 Å². The van der Waals surface area contributed by atoms with Crippen LogP contribution in [-0.2, 0) is 18.4 Å². The van der Waals surface area contributed by atoms with Gasteiger partial charge in [-0.15, -0.1) is 0 Å². The molecule has 0 radical (unpaired) electrons. The molecule has 1 aliphatic rings. The number of carbonyl (C=O) groups excluding carboxylic acids is 2. The zero-order chi connectivity index (χ0) is 10.1. The molecule has 6 nitrogen and oxygen atoms in total. The minimum atomic E-state index is -0.337. The standard InChI is InChI=1S/C8H10N4O2/c1-11-5-9-2-6(11)3-12-4-7(13)10-8(12)14/h2,5H,3-4H2,1H3,(H,10,13,14). The Morgan fingerprint density at radius 3 is 2.86 bits per heavy atom. The Hall–Kier alpha value is -1.85. The van der Waals surface area contributed by atoms with E-state index < -0.39 is 0 Å². The fraction of sp³-hybridized carbons (Fsp3) is 0.375. The minimum Gasteiger partial charge on any atom is -0.336 e. The number of carbonyl (C=O) groups is 2. The van der Waals surface area contributed by atoms with Crippen molar-refractivity contribution in [3.05, 3.63) is 18.2 Å². The van der Waals surface area contributed by atoms with Gasteiger partial charge < -0.3 is 9.47 Å². The molecule has 1 aliphatic heterocycles. The average Bonchev–Trinajstić information content (AvgIpc) is 2.62. The van der Waals surface area contributed by atoms with Crippen LogP contribution in [0.4, 0.5) is 4.79 Å². The first-order chi connectivity index (χ1) is 6.66. The van der Waals surface area contributed by atoms with E-state index in [9.17, 15) is 9.59 Å². The molecular formula is C8H10N4O2. The van der Waals surface area contributed by atoms with Crippen LogP contribution >= 0.6 is 0 Å². The molecule has 74 valence electrons. The summed E-state index contributed by atoms with van der Waals surface area (Å²) < 4.78 is 1.82. The maximum atomic E-state index is 11.2. The second-order valence-corrected chi connectivity index (χ2v) is 3.21. The van der Waals surface area contributed by atoms with Gasteiger partial charge in [0.1, 0.15) is 6.54 Å². The van der Waals surface area contributed by atoms with Gasteiger partial charge >= 0.3 is 6.03 Å². The van der Waals surface area contributed by atoms with Crippen molar-refractivity contribution in [3.8, 4) is 0 Å². The van der Waals surface area contributed by atoms with Crippen LogP contribution in [0.3, 0.4) is 0 Å². The van der Waals surface area contributed by atoms with Crippen molar-refractivity contribution in [1.82, 2.24) is 19.8 Å². The number of hydrogen-bond acceptors (Lipinski definition) is 3. The number of hydrogen-bond donors (Lipinski definition) is 1. The zero-order valence-corrected chi connectivity index (χ0v) is 7.73. The first kappa shape index (κ1) is 8.74. The molecule has 0 atom stereocenters. The highest BCUT2D eigenvalue weighted by atomic mass is 16.2. The molecule has 3 amide bonds. The molecule has 1 fully saturated rings. The number of imidazole rings is 1. The van der Waals surface area contributed by atoms with Gasteiger partial charge in [0.25, 0.3) is 0 Å². The van der Waals surface area contributed by atoms with Crippen LogP contribution in [0.25, 0.3) is 0 Å². The molecule has 0 bridgehead atoms. The lowest BCUT2D eigenvalue weighted by Crippen LogP contribution is -2.28. The molecule has 1 saturated heterocycles. The van der Waals surface area contributed by atoms with Gasteiger partial charge in [-0.2, -0.15) is 0 Å². The van der Waals surface area contributed by atoms with Crippen molar-refractivity contribution in [2.24, 2.45) is 7.05 Å². The molecule has 0 saturated carbocycles. The lowest BCUT2D eigenvalue weighted by atomic mass is 10.4. The summed E-state index contributed by atoms with van der Waals surface area (Å²) in [5, 5.41) is 2.22. The molecule has 1 aromatic rings. The second-order valence-electron chi connectivity index (χ2n) is 3.21. The van der Waals surface area contributed by atoms with Crippen molar-refractivity contribution in [2.45, 2.75) is 6.54 Å². The summed E-state index contributed by atoms with van der Waals surface area (Å²) in [5.41, 5.74) is 0.898. The molecular weight excluding hydrogens is 184 g/mol. The van der Waals surface area contributed by atoms with Crippen LogP contribution in [0.15, 0.2) is 12.5 Å². The number of rotatable bonds is 2. The number of urea groups is 1. The van der Waals surface area contributed by atoms with E-state index in [2.05, 4.69) is 10.3 Å². The van der Waals surface area contributed by atoms with Crippen molar-refractivity contribution in [3.63, 3.8) is 0 Å². The number of nitrogens with one attached hydrogen (secondary N) is 1. The van der Waals surface area contributed by atoms with Crippen molar-refractivity contribution in [1.29, 1.82) is 0 Å². The van der Waals surface area contributed by atoms with Gasteiger partial charge in [-0.1, -0.05) is 0 Å². The predicted molar refractivity (Wildman–Crippen MR) is 47.2 cm³/mol. The third-order valence-electron chi connectivity index (χ3n) is 2.14. The predicted octanol–water partition coefficient (Wildman–Crippen LogP) is -0.528. The fourth-order valence-corrected chi connectivity index (χ4v) is 1.34. The number of aryl methyl sites for hydroxylation is 1. The van der Waals surface area contributed by atoms with Gasteiger partial charge in [-0.3, -0.25) is 10.1 Å². The number of nitrogens with zero attached hydrogens (tertiary/aromatic N) is 3. The van der Waals surface area contributed by atoms with Gasteiger partial charge in [0.2, 0.25) is 5.91 Å². The zero-order valence-electron chi connectivity index (χ0n) is 7.73. The molecule has 0 unspecified atom stereocenters. The van der Waals surface area contributed by atoms with Gasteiger partial charge in [-0.25, -0.2) is 9.78 Å². The Morgan fingerprint density at radius 1 is 1.57 bits per heavy atom. The van der Waals surface area contributed by atoms with E-state index in [4.69, 9.17) is 0 Å². The third-order valence-corrected chi connectivity index (χ3v) is 2.14. The molecule has 0 spiro atoms. The summed E-state index contributed by atoms with van der Waals surface area (Å²) in [6.07, 6.45) is 3.33. The normalized spacial score (nSPS) is 16.2. The van der Waals surface area contributed by atoms with E-state index in [0.29, 0.717) is 6.54 Å². The molecule has 1 aromatic heterocycles. The van der Waals surface area contributed by atoms with Gasteiger partial charge in [0, 0.05) is 13.2 Å². The van der Waals surface area contributed by atoms with Crippen LogP contribution in [-0.4, -0.2) is 32.9 Å². The van der Waals surface area contributed by atoms with Crippen molar-refractivity contribution in [2.75, 3.05) is 6.54 Å². The Bertz CT molecular complexity index is 384. The quantitative estimate of drug-likeness (QED) is 0.644. The highest BCUT2D eigenvalue weighted by Gasteiger charge is 2.26. The maximum Gasteiger partial charge on any atom is 0.324 e. The summed E-state index contributed by atoms with van der Waals surface area (Å²) >= 11 is 0.